The Morgan fingerprint density at radius 1 is 1.24 bits per heavy atom. The van der Waals surface area contributed by atoms with Gasteiger partial charge in [0.25, 0.3) is 11.8 Å². The Kier molecular flexibility index (Phi) is 7.49. The molecular formula is C23H27Cl2N5O3S. The Bertz CT molecular complexity index is 1210. The minimum absolute atomic E-state index is 0. The Balaban J connectivity index is 0.00000274. The van der Waals surface area contributed by atoms with Gasteiger partial charge in [-0.2, -0.15) is 0 Å². The first-order valence-corrected chi connectivity index (χ1v) is 12.3. The van der Waals surface area contributed by atoms with E-state index in [2.05, 4.69) is 32.5 Å². The maximum atomic E-state index is 13.0. The van der Waals surface area contributed by atoms with Crippen molar-refractivity contribution in [3.8, 4) is 0 Å². The minimum Gasteiger partial charge on any atom is -0.396 e. The van der Waals surface area contributed by atoms with E-state index in [0.717, 1.165) is 41.0 Å². The van der Waals surface area contributed by atoms with Crippen LogP contribution >= 0.6 is 35.3 Å². The number of halogens is 2. The number of H-pyrrole nitrogens is 1. The van der Waals surface area contributed by atoms with E-state index >= 15 is 0 Å². The Labute approximate surface area is 212 Å². The molecule has 5 rings (SSSR count). The molecular weight excluding hydrogens is 497 g/mol. The first kappa shape index (κ1) is 24.9. The van der Waals surface area contributed by atoms with Crippen LogP contribution in [0, 0.1) is 5.92 Å². The Morgan fingerprint density at radius 3 is 2.71 bits per heavy atom. The van der Waals surface area contributed by atoms with E-state index in [1.165, 1.54) is 11.3 Å². The van der Waals surface area contributed by atoms with Gasteiger partial charge in [-0.15, -0.1) is 23.7 Å². The fourth-order valence-corrected chi connectivity index (χ4v) is 6.01. The number of aliphatic hydroxyl groups is 1. The minimum atomic E-state index is -0.283. The van der Waals surface area contributed by atoms with Gasteiger partial charge >= 0.3 is 0 Å². The molecule has 1 aliphatic heterocycles. The lowest BCUT2D eigenvalue weighted by Crippen LogP contribution is -2.48. The van der Waals surface area contributed by atoms with E-state index in [1.807, 2.05) is 6.07 Å². The highest BCUT2D eigenvalue weighted by molar-refractivity contribution is 7.13. The van der Waals surface area contributed by atoms with Crippen LogP contribution in [0.2, 0.25) is 5.02 Å². The molecule has 1 saturated carbocycles. The number of nitrogens with one attached hydrogen (secondary N) is 3. The van der Waals surface area contributed by atoms with Gasteiger partial charge < -0.3 is 25.6 Å². The van der Waals surface area contributed by atoms with Gasteiger partial charge in [0.05, 0.1) is 5.69 Å². The summed E-state index contributed by atoms with van der Waals surface area (Å²) in [7, 11) is 2.06. The van der Waals surface area contributed by atoms with Crippen molar-refractivity contribution in [2.24, 2.45) is 5.92 Å². The molecule has 0 saturated heterocycles. The number of hydrogen-bond donors (Lipinski definition) is 4. The van der Waals surface area contributed by atoms with Crippen LogP contribution in [0.25, 0.3) is 10.9 Å². The summed E-state index contributed by atoms with van der Waals surface area (Å²) in [6.45, 7) is 1.76. The first-order valence-electron chi connectivity index (χ1n) is 11.1. The van der Waals surface area contributed by atoms with Crippen molar-refractivity contribution >= 4 is 58.1 Å². The predicted octanol–water partition coefficient (Wildman–Crippen LogP) is 2.99. The monoisotopic (exact) mass is 523 g/mol. The molecule has 3 atom stereocenters. The third-order valence-electron chi connectivity index (χ3n) is 6.50. The van der Waals surface area contributed by atoms with Gasteiger partial charge in [-0.3, -0.25) is 9.59 Å². The second kappa shape index (κ2) is 10.2. The van der Waals surface area contributed by atoms with Crippen molar-refractivity contribution in [1.82, 2.24) is 25.5 Å². The summed E-state index contributed by atoms with van der Waals surface area (Å²) in [5.74, 6) is -0.460. The van der Waals surface area contributed by atoms with Crippen LogP contribution in [0.5, 0.6) is 0 Å². The van der Waals surface area contributed by atoms with Crippen molar-refractivity contribution in [3.05, 3.63) is 50.6 Å². The third-order valence-corrected chi connectivity index (χ3v) is 7.81. The fraction of sp³-hybridized carbons (Fsp3) is 0.435. The van der Waals surface area contributed by atoms with Crippen LogP contribution < -0.4 is 10.6 Å². The van der Waals surface area contributed by atoms with Gasteiger partial charge in [0.2, 0.25) is 0 Å². The third kappa shape index (κ3) is 5.08. The second-order valence-electron chi connectivity index (χ2n) is 8.97. The molecule has 1 aliphatic carbocycles. The number of benzene rings is 1. The number of carbonyl (C=O) groups excluding carboxylic acids is 2. The summed E-state index contributed by atoms with van der Waals surface area (Å²) in [6.07, 6.45) is 2.04. The van der Waals surface area contributed by atoms with E-state index in [9.17, 15) is 14.7 Å². The molecule has 34 heavy (non-hydrogen) atoms. The van der Waals surface area contributed by atoms with Crippen LogP contribution in [0.15, 0.2) is 24.3 Å². The molecule has 3 unspecified atom stereocenters. The largest absolute Gasteiger partial charge is 0.396 e. The zero-order valence-electron chi connectivity index (χ0n) is 18.6. The summed E-state index contributed by atoms with van der Waals surface area (Å²) in [4.78, 5) is 37.0. The molecule has 0 bridgehead atoms. The number of carbonyl (C=O) groups is 2. The second-order valence-corrected chi connectivity index (χ2v) is 10.5. The summed E-state index contributed by atoms with van der Waals surface area (Å²) < 4.78 is 0. The maximum Gasteiger partial charge on any atom is 0.280 e. The molecule has 2 aromatic heterocycles. The standard InChI is InChI=1S/C23H26ClN5O3S.ClH/c1-29-5-4-16-20(10-29)33-23(28-16)22(32)27-18-7-12(11-30)6-17(18)26-21(31)19-9-13-8-14(24)2-3-15(13)25-19;/h2-3,8-9,12,17-18,25,30H,4-7,10-11H2,1H3,(H,26,31)(H,27,32);1H. The molecule has 3 aromatic rings. The number of likely N-dealkylation sites (N-methyl/N-ethyl adjacent to an activating group) is 1. The van der Waals surface area contributed by atoms with Crippen molar-refractivity contribution < 1.29 is 14.7 Å². The molecule has 4 N–H and O–H groups in total. The number of thiazole rings is 1. The summed E-state index contributed by atoms with van der Waals surface area (Å²) in [5.41, 5.74) is 2.26. The molecule has 0 spiro atoms. The molecule has 11 heteroatoms. The molecule has 1 aromatic carbocycles. The van der Waals surface area contributed by atoms with Gasteiger partial charge in [0.1, 0.15) is 5.69 Å². The molecule has 182 valence electrons. The summed E-state index contributed by atoms with van der Waals surface area (Å²) in [6, 6.07) is 6.61. The van der Waals surface area contributed by atoms with E-state index in [1.54, 1.807) is 18.2 Å². The molecule has 8 nitrogen and oxygen atoms in total. The highest BCUT2D eigenvalue weighted by atomic mass is 35.5. The maximum absolute atomic E-state index is 13.0. The highest BCUT2D eigenvalue weighted by Gasteiger charge is 2.37. The molecule has 1 fully saturated rings. The number of aliphatic hydroxyl groups excluding tert-OH is 1. The lowest BCUT2D eigenvalue weighted by molar-refractivity contribution is 0.0889. The average Bonchev–Trinajstić information content (AvgIpc) is 3.49. The number of nitrogens with zero attached hydrogens (tertiary/aromatic N) is 2. The van der Waals surface area contributed by atoms with Crippen molar-refractivity contribution in [1.29, 1.82) is 0 Å². The number of aromatic amines is 1. The van der Waals surface area contributed by atoms with Gasteiger partial charge in [0.15, 0.2) is 5.01 Å². The fourth-order valence-electron chi connectivity index (χ4n) is 4.73. The summed E-state index contributed by atoms with van der Waals surface area (Å²) in [5, 5.41) is 17.7. The highest BCUT2D eigenvalue weighted by Crippen LogP contribution is 2.28. The Morgan fingerprint density at radius 2 is 1.97 bits per heavy atom. The number of fused-ring (bicyclic) bond motifs is 2. The smallest absolute Gasteiger partial charge is 0.280 e. The number of amides is 2. The molecule has 2 amide bonds. The Hall–Kier alpha value is -2.17. The zero-order chi connectivity index (χ0) is 23.1. The lowest BCUT2D eigenvalue weighted by atomic mass is 10.1. The topological polar surface area (TPSA) is 110 Å². The van der Waals surface area contributed by atoms with E-state index in [-0.39, 0.29) is 48.8 Å². The van der Waals surface area contributed by atoms with Crippen molar-refractivity contribution in [2.45, 2.75) is 37.9 Å². The lowest BCUT2D eigenvalue weighted by Gasteiger charge is -2.21. The number of rotatable bonds is 5. The first-order chi connectivity index (χ1) is 15.9. The van der Waals surface area contributed by atoms with Gasteiger partial charge in [0, 0.05) is 59.0 Å². The van der Waals surface area contributed by atoms with Crippen LogP contribution in [0.4, 0.5) is 0 Å². The van der Waals surface area contributed by atoms with E-state index < -0.39 is 0 Å². The molecule has 0 radical (unpaired) electrons. The van der Waals surface area contributed by atoms with E-state index in [4.69, 9.17) is 11.6 Å². The van der Waals surface area contributed by atoms with Crippen molar-refractivity contribution in [3.63, 3.8) is 0 Å². The predicted molar refractivity (Wildman–Crippen MR) is 135 cm³/mol. The molecule has 2 aliphatic rings. The van der Waals surface area contributed by atoms with Gasteiger partial charge in [-0.1, -0.05) is 11.6 Å². The van der Waals surface area contributed by atoms with E-state index in [0.29, 0.717) is 28.6 Å². The van der Waals surface area contributed by atoms with Crippen LogP contribution in [0.1, 0.15) is 43.7 Å². The number of aromatic nitrogens is 2. The van der Waals surface area contributed by atoms with Gasteiger partial charge in [-0.05, 0) is 50.1 Å². The van der Waals surface area contributed by atoms with Crippen LogP contribution in [0.3, 0.4) is 0 Å². The summed E-state index contributed by atoms with van der Waals surface area (Å²) >= 11 is 7.49. The SMILES string of the molecule is CN1CCc2nc(C(=O)NC3CC(CO)CC3NC(=O)c3cc4cc(Cl)ccc4[nH]3)sc2C1.Cl. The normalized spacial score (nSPS) is 22.3. The van der Waals surface area contributed by atoms with Gasteiger partial charge in [-0.25, -0.2) is 4.98 Å². The number of hydrogen-bond acceptors (Lipinski definition) is 6. The quantitative estimate of drug-likeness (QED) is 0.410. The molecule has 3 heterocycles. The average molecular weight is 524 g/mol. The zero-order valence-corrected chi connectivity index (χ0v) is 21.0. The van der Waals surface area contributed by atoms with Crippen LogP contribution in [-0.2, 0) is 13.0 Å². The van der Waals surface area contributed by atoms with Crippen molar-refractivity contribution in [2.75, 3.05) is 20.2 Å². The van der Waals surface area contributed by atoms with Crippen LogP contribution in [-0.4, -0.2) is 64.1 Å².